The highest BCUT2D eigenvalue weighted by atomic mass is 35.5. The maximum atomic E-state index is 14.2. The van der Waals surface area contributed by atoms with Gasteiger partial charge in [-0.05, 0) is 53.1 Å². The van der Waals surface area contributed by atoms with Crippen LogP contribution in [0.3, 0.4) is 0 Å². The fraction of sp³-hybridized carbons (Fsp3) is 0.167. The Balaban J connectivity index is 1.33. The monoisotopic (exact) mass is 586 g/mol. The Kier molecular flexibility index (Phi) is 6.84. The molecule has 0 bridgehead atoms. The van der Waals surface area contributed by atoms with Crippen molar-refractivity contribution in [2.75, 3.05) is 7.11 Å². The summed E-state index contributed by atoms with van der Waals surface area (Å²) in [6, 6.07) is 19.1. The number of nitrogens with two attached hydrogens (primary N) is 1. The van der Waals surface area contributed by atoms with Gasteiger partial charge >= 0.3 is 0 Å². The zero-order valence-electron chi connectivity index (χ0n) is 21.9. The number of hydrogen-bond donors (Lipinski definition) is 1. The molecule has 0 fully saturated rings. The molecule has 2 aliphatic rings. The largest absolute Gasteiger partial charge is 0.496 e. The number of benzene rings is 3. The lowest BCUT2D eigenvalue weighted by molar-refractivity contribution is -0.130. The molecule has 9 nitrogen and oxygen atoms in total. The molecule has 0 aliphatic carbocycles. The van der Waals surface area contributed by atoms with Crippen molar-refractivity contribution >= 4 is 41.0 Å². The van der Waals surface area contributed by atoms with E-state index in [0.717, 1.165) is 11.4 Å². The number of hydrogen-bond acceptors (Lipinski definition) is 7. The van der Waals surface area contributed by atoms with Crippen LogP contribution in [0.1, 0.15) is 38.4 Å². The van der Waals surface area contributed by atoms with Crippen molar-refractivity contribution in [1.29, 1.82) is 0 Å². The summed E-state index contributed by atoms with van der Waals surface area (Å²) in [4.78, 5) is 44.3. The van der Waals surface area contributed by atoms with E-state index in [-0.39, 0.29) is 24.3 Å². The molecule has 11 heteroatoms. The van der Waals surface area contributed by atoms with E-state index in [2.05, 4.69) is 9.97 Å². The summed E-state index contributed by atoms with van der Waals surface area (Å²) in [6.45, 7) is 0.791. The standard InChI is InChI=1S/C30H24Cl2N6O3/c1-41-26-11-2-18(14-23(26)27(39)37-16-24-25(17-37)35-13-12-34-24)15-38-28(40)30(36-29(38)33,19-3-7-21(31)8-4-19)20-5-9-22(32)10-6-20/h2-14H,15-17H2,1H3,(H2,33,36). The molecule has 3 heterocycles. The molecule has 2 N–H and O–H groups in total. The van der Waals surface area contributed by atoms with Crippen molar-refractivity contribution in [2.45, 2.75) is 25.2 Å². The molecule has 0 saturated heterocycles. The van der Waals surface area contributed by atoms with Crippen LogP contribution in [0.2, 0.25) is 10.0 Å². The number of rotatable bonds is 6. The third-order valence-corrected chi connectivity index (χ3v) is 7.81. The second-order valence-electron chi connectivity index (χ2n) is 9.73. The van der Waals surface area contributed by atoms with Crippen molar-refractivity contribution < 1.29 is 14.3 Å². The van der Waals surface area contributed by atoms with Crippen LogP contribution in [0.15, 0.2) is 84.1 Å². The molecule has 3 aromatic carbocycles. The van der Waals surface area contributed by atoms with Crippen LogP contribution in [-0.4, -0.2) is 44.7 Å². The Morgan fingerprint density at radius 2 is 1.49 bits per heavy atom. The number of aromatic nitrogens is 2. The van der Waals surface area contributed by atoms with Crippen LogP contribution in [-0.2, 0) is 30.0 Å². The third kappa shape index (κ3) is 4.67. The minimum atomic E-state index is -1.42. The Morgan fingerprint density at radius 3 is 2.02 bits per heavy atom. The van der Waals surface area contributed by atoms with Gasteiger partial charge in [-0.1, -0.05) is 53.5 Å². The van der Waals surface area contributed by atoms with Gasteiger partial charge in [-0.15, -0.1) is 0 Å². The van der Waals surface area contributed by atoms with Crippen molar-refractivity contribution in [3.8, 4) is 5.75 Å². The van der Waals surface area contributed by atoms with Crippen LogP contribution < -0.4 is 10.5 Å². The SMILES string of the molecule is COc1ccc(CN2C(=O)C(c3ccc(Cl)cc3)(c3ccc(Cl)cc3)N=C2N)cc1C(=O)N1Cc2nccnc2C1. The summed E-state index contributed by atoms with van der Waals surface area (Å²) >= 11 is 12.3. The van der Waals surface area contributed by atoms with Gasteiger partial charge in [0.15, 0.2) is 11.5 Å². The van der Waals surface area contributed by atoms with Crippen LogP contribution in [0.5, 0.6) is 5.75 Å². The summed E-state index contributed by atoms with van der Waals surface area (Å²) in [5.74, 6) is -0.0949. The normalized spacial score (nSPS) is 15.6. The first kappa shape index (κ1) is 26.7. The molecule has 0 radical (unpaired) electrons. The van der Waals surface area contributed by atoms with Gasteiger partial charge in [-0.2, -0.15) is 0 Å². The molecule has 2 aliphatic heterocycles. The number of carbonyl (C=O) groups is 2. The second-order valence-corrected chi connectivity index (χ2v) is 10.6. The van der Waals surface area contributed by atoms with Gasteiger partial charge in [-0.25, -0.2) is 4.99 Å². The van der Waals surface area contributed by atoms with E-state index < -0.39 is 5.54 Å². The lowest BCUT2D eigenvalue weighted by Crippen LogP contribution is -2.43. The summed E-state index contributed by atoms with van der Waals surface area (Å²) in [7, 11) is 1.51. The number of methoxy groups -OCH3 is 1. The summed E-state index contributed by atoms with van der Waals surface area (Å²) in [5.41, 5.74) is 8.79. The first-order valence-corrected chi connectivity index (χ1v) is 13.5. The maximum absolute atomic E-state index is 14.2. The lowest BCUT2D eigenvalue weighted by Gasteiger charge is -2.27. The molecule has 0 saturated carbocycles. The summed E-state index contributed by atoms with van der Waals surface area (Å²) < 4.78 is 5.51. The third-order valence-electron chi connectivity index (χ3n) is 7.30. The van der Waals surface area contributed by atoms with Gasteiger partial charge < -0.3 is 15.4 Å². The summed E-state index contributed by atoms with van der Waals surface area (Å²) in [5, 5.41) is 1.06. The number of carbonyl (C=O) groups excluding carboxylic acids is 2. The van der Waals surface area contributed by atoms with Crippen LogP contribution in [0.4, 0.5) is 0 Å². The minimum absolute atomic E-state index is 0.0516. The number of nitrogens with zero attached hydrogens (tertiary/aromatic N) is 5. The molecule has 206 valence electrons. The quantitative estimate of drug-likeness (QED) is 0.354. The Hall–Kier alpha value is -4.47. The Bertz CT molecular complexity index is 1620. The molecule has 41 heavy (non-hydrogen) atoms. The average molecular weight is 587 g/mol. The highest BCUT2D eigenvalue weighted by Crippen LogP contribution is 2.41. The minimum Gasteiger partial charge on any atom is -0.496 e. The van der Waals surface area contributed by atoms with Crippen molar-refractivity contribution in [3.05, 3.63) is 123 Å². The predicted octanol–water partition coefficient (Wildman–Crippen LogP) is 4.55. The molecule has 6 rings (SSSR count). The molecule has 1 aromatic heterocycles. The van der Waals surface area contributed by atoms with Gasteiger partial charge in [0.2, 0.25) is 0 Å². The van der Waals surface area contributed by atoms with Crippen molar-refractivity contribution in [1.82, 2.24) is 19.8 Å². The van der Waals surface area contributed by atoms with E-state index >= 15 is 0 Å². The van der Waals surface area contributed by atoms with E-state index in [1.165, 1.54) is 12.0 Å². The molecular formula is C30H24Cl2N6O3. The van der Waals surface area contributed by atoms with E-state index in [1.807, 2.05) is 0 Å². The Labute approximate surface area is 246 Å². The number of fused-ring (bicyclic) bond motifs is 1. The van der Waals surface area contributed by atoms with Crippen molar-refractivity contribution in [2.24, 2.45) is 10.7 Å². The maximum Gasteiger partial charge on any atom is 0.266 e. The van der Waals surface area contributed by atoms with Gasteiger partial charge in [0.05, 0.1) is 43.7 Å². The first-order chi connectivity index (χ1) is 19.8. The lowest BCUT2D eigenvalue weighted by atomic mass is 9.83. The van der Waals surface area contributed by atoms with Crippen LogP contribution >= 0.6 is 23.2 Å². The average Bonchev–Trinajstić information content (AvgIpc) is 3.53. The van der Waals surface area contributed by atoms with Crippen LogP contribution in [0.25, 0.3) is 0 Å². The molecule has 2 amide bonds. The van der Waals surface area contributed by atoms with E-state index in [1.54, 1.807) is 84.0 Å². The Morgan fingerprint density at radius 1 is 0.927 bits per heavy atom. The fourth-order valence-electron chi connectivity index (χ4n) is 5.25. The van der Waals surface area contributed by atoms with E-state index in [9.17, 15) is 9.59 Å². The van der Waals surface area contributed by atoms with Crippen LogP contribution in [0, 0.1) is 0 Å². The topological polar surface area (TPSA) is 114 Å². The molecular weight excluding hydrogens is 563 g/mol. The van der Waals surface area contributed by atoms with Gasteiger partial charge in [-0.3, -0.25) is 24.5 Å². The first-order valence-electron chi connectivity index (χ1n) is 12.7. The zero-order chi connectivity index (χ0) is 28.7. The zero-order valence-corrected chi connectivity index (χ0v) is 23.4. The smallest absolute Gasteiger partial charge is 0.266 e. The van der Waals surface area contributed by atoms with Gasteiger partial charge in [0.1, 0.15) is 5.75 Å². The molecule has 0 unspecified atom stereocenters. The van der Waals surface area contributed by atoms with E-state index in [0.29, 0.717) is 51.1 Å². The molecule has 0 spiro atoms. The fourth-order valence-corrected chi connectivity index (χ4v) is 5.50. The highest BCUT2D eigenvalue weighted by Gasteiger charge is 2.50. The summed E-state index contributed by atoms with van der Waals surface area (Å²) in [6.07, 6.45) is 3.22. The number of aliphatic imine (C=N–C) groups is 1. The number of guanidine groups is 1. The number of ether oxygens (including phenoxy) is 1. The number of halogens is 2. The van der Waals surface area contributed by atoms with Gasteiger partial charge in [0.25, 0.3) is 11.8 Å². The predicted molar refractivity (Wildman–Crippen MR) is 154 cm³/mol. The number of amides is 2. The molecule has 0 atom stereocenters. The van der Waals surface area contributed by atoms with Gasteiger partial charge in [0, 0.05) is 22.4 Å². The second kappa shape index (κ2) is 10.5. The molecule has 4 aromatic rings. The highest BCUT2D eigenvalue weighted by molar-refractivity contribution is 6.31. The van der Waals surface area contributed by atoms with Crippen molar-refractivity contribution in [3.63, 3.8) is 0 Å². The van der Waals surface area contributed by atoms with E-state index in [4.69, 9.17) is 38.7 Å².